The molecule has 7 nitrogen and oxygen atoms in total. The Morgan fingerprint density at radius 3 is 1.30 bits per heavy atom. The Labute approximate surface area is 68.9 Å². The van der Waals surface area contributed by atoms with Crippen LogP contribution in [0.5, 0.6) is 0 Å². The maximum atomic E-state index is 8.63. The van der Waals surface area contributed by atoms with Crippen LogP contribution in [-0.2, 0) is 14.9 Å². The first-order valence-electron chi connectivity index (χ1n) is 1.29. The minimum absolute atomic E-state index is 0. The minimum Gasteiger partial charge on any atom is -0.726 e. The Morgan fingerprint density at radius 1 is 1.30 bits per heavy atom. The molecule has 56 valence electrons. The van der Waals surface area contributed by atoms with Crippen molar-refractivity contribution in [1.29, 1.82) is 0 Å². The summed E-state index contributed by atoms with van der Waals surface area (Å²) in [5, 5.41) is 0. The molecule has 0 aliphatic heterocycles. The summed E-state index contributed by atoms with van der Waals surface area (Å²) in [6.07, 6.45) is 0. The van der Waals surface area contributed by atoms with E-state index in [9.17, 15) is 0 Å². The van der Waals surface area contributed by atoms with Crippen LogP contribution in [0.15, 0.2) is 0 Å². The summed E-state index contributed by atoms with van der Waals surface area (Å²) in [4.78, 5) is 17.0. The van der Waals surface area contributed by atoms with E-state index in [1.807, 2.05) is 0 Å². The average molecular weight is 200 g/mol. The molecule has 0 bridgehead atoms. The van der Waals surface area contributed by atoms with E-state index in [-0.39, 0.29) is 17.4 Å². The van der Waals surface area contributed by atoms with Gasteiger partial charge in [0.2, 0.25) is 10.4 Å². The van der Waals surface area contributed by atoms with Gasteiger partial charge in [0.05, 0.1) is 0 Å². The van der Waals surface area contributed by atoms with E-state index in [2.05, 4.69) is 0 Å². The van der Waals surface area contributed by atoms with Gasteiger partial charge in [-0.15, -0.1) is 0 Å². The van der Waals surface area contributed by atoms with E-state index in [0.717, 1.165) is 0 Å². The molecule has 0 heterocycles. The molecule has 0 unspecified atom stereocenters. The average Bonchev–Trinajstić information content (AvgIpc) is 1.19. The van der Waals surface area contributed by atoms with Gasteiger partial charge >= 0.3 is 17.4 Å². The number of rotatable bonds is 0. The molecule has 0 aliphatic rings. The fourth-order valence-electron chi connectivity index (χ4n) is 0. The first-order valence-corrected chi connectivity index (χ1v) is 3.88. The summed E-state index contributed by atoms with van der Waals surface area (Å²) in [7, 11) is -8.55. The van der Waals surface area contributed by atoms with Crippen molar-refractivity contribution in [2.45, 2.75) is 0 Å². The van der Waals surface area contributed by atoms with Gasteiger partial charge in [-0.05, 0) is 0 Å². The Morgan fingerprint density at radius 2 is 1.30 bits per heavy atom. The summed E-state index contributed by atoms with van der Waals surface area (Å²) in [5.41, 5.74) is 0. The standard InChI is InChI=1S/Al.H2O4S.O3Si/c;1-5(2,3)4;1-4(2)3/h;(H2,1,2,3,4);/q+3;;-2/p-1. The number of hydrogen-bond donors (Lipinski definition) is 1. The molecule has 0 aliphatic carbocycles. The fraction of sp³-hybridized carbons (Fsp3) is 0. The van der Waals surface area contributed by atoms with E-state index in [1.165, 1.54) is 0 Å². The third kappa shape index (κ3) is 1060000. The zero-order chi connectivity index (χ0) is 8.08. The zero-order valence-corrected chi connectivity index (χ0v) is 7.35. The molecule has 0 fully saturated rings. The third-order valence-electron chi connectivity index (χ3n) is 0. The van der Waals surface area contributed by atoms with Crippen molar-refractivity contribution >= 4 is 36.9 Å². The third-order valence-corrected chi connectivity index (χ3v) is 0. The first kappa shape index (κ1) is 16.5. The topological polar surface area (TPSA) is 141 Å². The maximum Gasteiger partial charge on any atom is 3.00 e. The van der Waals surface area contributed by atoms with Crippen LogP contribution in [0.3, 0.4) is 0 Å². The summed E-state index contributed by atoms with van der Waals surface area (Å²) in [6.45, 7) is 0. The largest absolute Gasteiger partial charge is 3.00 e. The van der Waals surface area contributed by atoms with Crippen molar-refractivity contribution in [3.8, 4) is 0 Å². The van der Waals surface area contributed by atoms with E-state index in [1.54, 1.807) is 0 Å². The Bertz CT molecular complexity index is 156. The van der Waals surface area contributed by atoms with Crippen LogP contribution in [0.25, 0.3) is 0 Å². The summed E-state index contributed by atoms with van der Waals surface area (Å²) >= 11 is 0. The van der Waals surface area contributed by atoms with Gasteiger partial charge in [0.1, 0.15) is 0 Å². The van der Waals surface area contributed by atoms with Crippen molar-refractivity contribution in [3.05, 3.63) is 0 Å². The Balaban J connectivity index is -0.0000000910. The van der Waals surface area contributed by atoms with Crippen molar-refractivity contribution in [2.24, 2.45) is 0 Å². The quantitative estimate of drug-likeness (QED) is 0.237. The maximum absolute atomic E-state index is 8.63. The molecule has 0 atom stereocenters. The predicted molar refractivity (Wildman–Crippen MR) is 24.5 cm³/mol. The van der Waals surface area contributed by atoms with Crippen LogP contribution in [-0.4, -0.2) is 44.1 Å². The fourth-order valence-corrected chi connectivity index (χ4v) is 0. The molecule has 0 saturated heterocycles. The summed E-state index contributed by atoms with van der Waals surface area (Å²) in [6, 6.07) is 0. The van der Waals surface area contributed by atoms with E-state index in [4.69, 9.17) is 31.6 Å². The van der Waals surface area contributed by atoms with E-state index in [0.29, 0.717) is 0 Å². The first-order chi connectivity index (χ1) is 3.73. The predicted octanol–water partition coefficient (Wildman–Crippen LogP) is -4.25. The van der Waals surface area contributed by atoms with Gasteiger partial charge in [-0.3, -0.25) is 4.55 Å². The molecule has 1 N–H and O–H groups in total. The zero-order valence-electron chi connectivity index (χ0n) is 4.38. The van der Waals surface area contributed by atoms with E-state index < -0.39 is 19.6 Å². The van der Waals surface area contributed by atoms with Crippen LogP contribution in [0.2, 0.25) is 0 Å². The number of hydrogen-bond acceptors (Lipinski definition) is 6. The van der Waals surface area contributed by atoms with Gasteiger partial charge in [0, 0.05) is 9.17 Å². The second-order valence-corrected chi connectivity index (χ2v) is 2.03. The van der Waals surface area contributed by atoms with Crippen LogP contribution in [0.1, 0.15) is 0 Å². The van der Waals surface area contributed by atoms with Gasteiger partial charge < -0.3 is 18.6 Å². The molecule has 0 rings (SSSR count). The van der Waals surface area contributed by atoms with Crippen LogP contribution in [0, 0.1) is 0 Å². The molecular weight excluding hydrogens is 199 g/mol. The smallest absolute Gasteiger partial charge is 0.726 e. The Kier molecular flexibility index (Phi) is 11.8. The SMILES string of the molecule is O=S(=O)([O-])O.O=[Si]([O-])[O-].[Al+3]. The normalized spacial score (nSPS) is 8.20. The van der Waals surface area contributed by atoms with Crippen LogP contribution in [0.4, 0.5) is 0 Å². The van der Waals surface area contributed by atoms with Crippen molar-refractivity contribution in [2.75, 3.05) is 0 Å². The molecule has 0 radical (unpaired) electrons. The monoisotopic (exact) mass is 200 g/mol. The van der Waals surface area contributed by atoms with E-state index >= 15 is 0 Å². The molecule has 0 aromatic rings. The van der Waals surface area contributed by atoms with Gasteiger partial charge in [-0.2, -0.15) is 0 Å². The van der Waals surface area contributed by atoms with Gasteiger partial charge in [0.25, 0.3) is 0 Å². The summed E-state index contributed by atoms with van der Waals surface area (Å²) < 4.78 is 41.4. The molecule has 0 amide bonds. The Hall–Kier alpha value is 0.0194. The molecule has 0 spiro atoms. The molecule has 10 heteroatoms. The second-order valence-electron chi connectivity index (χ2n) is 0.678. The van der Waals surface area contributed by atoms with Gasteiger partial charge in [-0.1, -0.05) is 0 Å². The van der Waals surface area contributed by atoms with Crippen molar-refractivity contribution in [3.63, 3.8) is 0 Å². The molecule has 0 saturated carbocycles. The molecule has 0 aromatic heterocycles. The molecular formula is HAlO7SSi. The van der Waals surface area contributed by atoms with Crippen LogP contribution < -0.4 is 9.59 Å². The van der Waals surface area contributed by atoms with Crippen LogP contribution >= 0.6 is 0 Å². The molecule has 10 heavy (non-hydrogen) atoms. The summed E-state index contributed by atoms with van der Waals surface area (Å²) in [5.74, 6) is 0. The van der Waals surface area contributed by atoms with Crippen molar-refractivity contribution < 1.29 is 31.6 Å². The second kappa shape index (κ2) is 7.13. The van der Waals surface area contributed by atoms with Crippen molar-refractivity contribution in [1.82, 2.24) is 0 Å². The minimum atomic E-state index is -4.92. The van der Waals surface area contributed by atoms with Gasteiger partial charge in [0.15, 0.2) is 0 Å². The molecule has 0 aromatic carbocycles. The van der Waals surface area contributed by atoms with Gasteiger partial charge in [-0.25, -0.2) is 8.42 Å².